The first-order valence-electron chi connectivity index (χ1n) is 6.21. The van der Waals surface area contributed by atoms with Gasteiger partial charge in [-0.3, -0.25) is 4.79 Å². The Labute approximate surface area is 141 Å². The molecule has 21 heavy (non-hydrogen) atoms. The van der Waals surface area contributed by atoms with E-state index in [9.17, 15) is 4.79 Å². The van der Waals surface area contributed by atoms with E-state index >= 15 is 0 Å². The van der Waals surface area contributed by atoms with Crippen LogP contribution in [0.25, 0.3) is 0 Å². The highest BCUT2D eigenvalue weighted by atomic mass is 35.5. The fraction of sp³-hybridized carbons (Fsp3) is 0.286. The van der Waals surface area contributed by atoms with Crippen LogP contribution in [0.5, 0.6) is 0 Å². The number of hydrogen-bond acceptors (Lipinski definition) is 4. The monoisotopic (exact) mass is 347 g/mol. The predicted molar refractivity (Wildman–Crippen MR) is 92.7 cm³/mol. The summed E-state index contributed by atoms with van der Waals surface area (Å²) in [5, 5.41) is 5.98. The first-order chi connectivity index (χ1) is 9.11. The van der Waals surface area contributed by atoms with E-state index in [1.807, 2.05) is 18.4 Å². The molecular formula is C14H19Cl2N3OS. The molecular weight excluding hydrogens is 329 g/mol. The Kier molecular flexibility index (Phi) is 8.32. The molecule has 4 nitrogen and oxygen atoms in total. The Balaban J connectivity index is 0.00000200. The van der Waals surface area contributed by atoms with Gasteiger partial charge in [0.25, 0.3) is 5.91 Å². The zero-order valence-corrected chi connectivity index (χ0v) is 14.3. The zero-order valence-electron chi connectivity index (χ0n) is 11.8. The fourth-order valence-corrected chi connectivity index (χ4v) is 2.58. The number of thiazole rings is 1. The topological polar surface area (TPSA) is 68.0 Å². The van der Waals surface area contributed by atoms with Crippen molar-refractivity contribution < 1.29 is 4.79 Å². The van der Waals surface area contributed by atoms with Crippen LogP contribution in [0.2, 0.25) is 0 Å². The maximum Gasteiger partial charge on any atom is 0.253 e. The highest BCUT2D eigenvalue weighted by Gasteiger charge is 2.15. The van der Waals surface area contributed by atoms with Crippen molar-refractivity contribution in [2.24, 2.45) is 0 Å². The third-order valence-corrected chi connectivity index (χ3v) is 3.88. The van der Waals surface area contributed by atoms with Crippen LogP contribution in [0.4, 0.5) is 5.69 Å². The molecule has 1 atom stereocenters. The van der Waals surface area contributed by atoms with Gasteiger partial charge < -0.3 is 11.1 Å². The number of rotatable bonds is 4. The lowest BCUT2D eigenvalue weighted by atomic mass is 10.1. The van der Waals surface area contributed by atoms with Gasteiger partial charge in [-0.05, 0) is 25.5 Å². The molecule has 2 aromatic rings. The van der Waals surface area contributed by atoms with Crippen molar-refractivity contribution in [3.05, 3.63) is 45.9 Å². The molecule has 116 valence electrons. The highest BCUT2D eigenvalue weighted by Crippen LogP contribution is 2.18. The van der Waals surface area contributed by atoms with Crippen LogP contribution in [0.1, 0.15) is 40.9 Å². The first-order valence-corrected chi connectivity index (χ1v) is 7.09. The average molecular weight is 348 g/mol. The molecule has 1 heterocycles. The minimum Gasteiger partial charge on any atom is -0.398 e. The lowest BCUT2D eigenvalue weighted by molar-refractivity contribution is 0.0940. The van der Waals surface area contributed by atoms with Crippen molar-refractivity contribution in [2.45, 2.75) is 26.3 Å². The van der Waals surface area contributed by atoms with Gasteiger partial charge in [-0.15, -0.1) is 36.2 Å². The van der Waals surface area contributed by atoms with Crippen LogP contribution >= 0.6 is 36.2 Å². The number of para-hydroxylation sites is 1. The smallest absolute Gasteiger partial charge is 0.253 e. The molecule has 0 fully saturated rings. The summed E-state index contributed by atoms with van der Waals surface area (Å²) in [7, 11) is 0. The van der Waals surface area contributed by atoms with Gasteiger partial charge in [0.15, 0.2) is 0 Å². The number of halogens is 2. The number of carbonyl (C=O) groups excluding carboxylic acids is 1. The molecule has 0 radical (unpaired) electrons. The standard InChI is InChI=1S/C14H17N3OS.2ClH/c1-3-13-17-12(8-19-13)9(2)16-14(18)10-6-4-5-7-11(10)15;;/h4-9H,3,15H2,1-2H3,(H,16,18);2*1H. The summed E-state index contributed by atoms with van der Waals surface area (Å²) in [5.74, 6) is -0.170. The molecule has 0 saturated heterocycles. The van der Waals surface area contributed by atoms with Crippen LogP contribution < -0.4 is 11.1 Å². The van der Waals surface area contributed by atoms with Gasteiger partial charge in [0, 0.05) is 11.1 Å². The lowest BCUT2D eigenvalue weighted by Crippen LogP contribution is -2.27. The molecule has 7 heteroatoms. The van der Waals surface area contributed by atoms with Gasteiger partial charge in [0.1, 0.15) is 0 Å². The van der Waals surface area contributed by atoms with Crippen molar-refractivity contribution in [1.82, 2.24) is 10.3 Å². The van der Waals surface area contributed by atoms with Gasteiger partial charge in [-0.25, -0.2) is 4.98 Å². The minimum absolute atomic E-state index is 0. The van der Waals surface area contributed by atoms with Crippen molar-refractivity contribution in [1.29, 1.82) is 0 Å². The molecule has 1 unspecified atom stereocenters. The second kappa shape index (κ2) is 8.87. The number of aromatic nitrogens is 1. The first kappa shape index (κ1) is 19.7. The molecule has 0 spiro atoms. The number of nitrogens with one attached hydrogen (secondary N) is 1. The van der Waals surface area contributed by atoms with Gasteiger partial charge in [0.2, 0.25) is 0 Å². The lowest BCUT2D eigenvalue weighted by Gasteiger charge is -2.12. The van der Waals surface area contributed by atoms with E-state index in [0.717, 1.165) is 17.1 Å². The van der Waals surface area contributed by atoms with Crippen molar-refractivity contribution in [2.75, 3.05) is 5.73 Å². The number of hydrogen-bond donors (Lipinski definition) is 2. The molecule has 0 saturated carbocycles. The molecule has 0 bridgehead atoms. The van der Waals surface area contributed by atoms with E-state index in [1.54, 1.807) is 29.5 Å². The van der Waals surface area contributed by atoms with Gasteiger partial charge in [0.05, 0.1) is 22.3 Å². The molecule has 0 aliphatic rings. The number of benzene rings is 1. The van der Waals surface area contributed by atoms with Crippen LogP contribution in [0, 0.1) is 0 Å². The maximum absolute atomic E-state index is 12.1. The summed E-state index contributed by atoms with van der Waals surface area (Å²) in [6, 6.07) is 6.92. The summed E-state index contributed by atoms with van der Waals surface area (Å²) in [4.78, 5) is 16.6. The number of amides is 1. The van der Waals surface area contributed by atoms with Gasteiger partial charge in [-0.2, -0.15) is 0 Å². The molecule has 3 N–H and O–H groups in total. The summed E-state index contributed by atoms with van der Waals surface area (Å²) < 4.78 is 0. The largest absolute Gasteiger partial charge is 0.398 e. The summed E-state index contributed by atoms with van der Waals surface area (Å²) in [5.41, 5.74) is 7.67. The Morgan fingerprint density at radius 2 is 2.05 bits per heavy atom. The Morgan fingerprint density at radius 3 is 2.62 bits per heavy atom. The van der Waals surface area contributed by atoms with E-state index < -0.39 is 0 Å². The van der Waals surface area contributed by atoms with Crippen molar-refractivity contribution in [3.8, 4) is 0 Å². The number of nitrogen functional groups attached to an aromatic ring is 1. The number of nitrogens with zero attached hydrogens (tertiary/aromatic N) is 1. The fourth-order valence-electron chi connectivity index (χ4n) is 1.74. The van der Waals surface area contributed by atoms with E-state index in [-0.39, 0.29) is 36.8 Å². The van der Waals surface area contributed by atoms with Crippen LogP contribution in [-0.2, 0) is 6.42 Å². The normalized spacial score (nSPS) is 11.0. The molecule has 0 aliphatic heterocycles. The molecule has 2 rings (SSSR count). The summed E-state index contributed by atoms with van der Waals surface area (Å²) in [6.45, 7) is 3.99. The zero-order chi connectivity index (χ0) is 13.8. The van der Waals surface area contributed by atoms with Crippen LogP contribution in [0.15, 0.2) is 29.6 Å². The predicted octanol–water partition coefficient (Wildman–Crippen LogP) is 3.62. The molecule has 1 aromatic heterocycles. The highest BCUT2D eigenvalue weighted by molar-refractivity contribution is 7.09. The second-order valence-corrected chi connectivity index (χ2v) is 5.24. The van der Waals surface area contributed by atoms with Gasteiger partial charge in [-0.1, -0.05) is 19.1 Å². The number of anilines is 1. The molecule has 1 aromatic carbocycles. The van der Waals surface area contributed by atoms with Crippen molar-refractivity contribution >= 4 is 47.7 Å². The van der Waals surface area contributed by atoms with E-state index in [4.69, 9.17) is 5.73 Å². The Morgan fingerprint density at radius 1 is 1.38 bits per heavy atom. The van der Waals surface area contributed by atoms with Crippen molar-refractivity contribution in [3.63, 3.8) is 0 Å². The van der Waals surface area contributed by atoms with Crippen LogP contribution in [-0.4, -0.2) is 10.9 Å². The van der Waals surface area contributed by atoms with Crippen LogP contribution in [0.3, 0.4) is 0 Å². The maximum atomic E-state index is 12.1. The number of nitrogens with two attached hydrogens (primary N) is 1. The molecule has 1 amide bonds. The number of aryl methyl sites for hydroxylation is 1. The van der Waals surface area contributed by atoms with E-state index in [2.05, 4.69) is 17.2 Å². The summed E-state index contributed by atoms with van der Waals surface area (Å²) >= 11 is 1.62. The summed E-state index contributed by atoms with van der Waals surface area (Å²) in [6.07, 6.45) is 0.914. The third-order valence-electron chi connectivity index (χ3n) is 2.87. The van der Waals surface area contributed by atoms with E-state index in [0.29, 0.717) is 11.3 Å². The average Bonchev–Trinajstić information content (AvgIpc) is 2.88. The quantitative estimate of drug-likeness (QED) is 0.829. The minimum atomic E-state index is -0.170. The third kappa shape index (κ3) is 4.88. The van der Waals surface area contributed by atoms with Gasteiger partial charge >= 0.3 is 0 Å². The van der Waals surface area contributed by atoms with E-state index in [1.165, 1.54) is 0 Å². The second-order valence-electron chi connectivity index (χ2n) is 4.30. The Bertz CT molecular complexity index is 589. The number of carbonyl (C=O) groups is 1. The Hall–Kier alpha value is -1.30. The molecule has 0 aliphatic carbocycles. The SMILES string of the molecule is CCc1nc(C(C)NC(=O)c2ccccc2N)cs1.Cl.Cl.